The summed E-state index contributed by atoms with van der Waals surface area (Å²) in [6.45, 7) is 0. The molecule has 0 atom stereocenters. The average molecular weight is 394 g/mol. The fraction of sp³-hybridized carbons (Fsp3) is 0.167. The van der Waals surface area contributed by atoms with Crippen molar-refractivity contribution in [2.24, 2.45) is 7.05 Å². The fourth-order valence-corrected chi connectivity index (χ4v) is 2.19. The van der Waals surface area contributed by atoms with Gasteiger partial charge in [-0.15, -0.1) is 0 Å². The monoisotopic (exact) mass is 393 g/mol. The van der Waals surface area contributed by atoms with Gasteiger partial charge in [0.2, 0.25) is 5.82 Å². The SMILES string of the molecule is Cn1nc(C(=O)Nc2c(F)c(F)c(F)c(F)c2F)c(Cl)c1C(F)(F)F. The highest BCUT2D eigenvalue weighted by molar-refractivity contribution is 6.34. The second kappa shape index (κ2) is 6.17. The van der Waals surface area contributed by atoms with E-state index in [1.54, 1.807) is 0 Å². The summed E-state index contributed by atoms with van der Waals surface area (Å²) in [4.78, 5) is 11.8. The van der Waals surface area contributed by atoms with Gasteiger partial charge in [0.25, 0.3) is 5.91 Å². The molecule has 0 fully saturated rings. The number of amides is 1. The van der Waals surface area contributed by atoms with Crippen molar-refractivity contribution in [1.29, 1.82) is 0 Å². The molecule has 1 aromatic heterocycles. The van der Waals surface area contributed by atoms with E-state index >= 15 is 0 Å². The minimum atomic E-state index is -5.01. The molecule has 1 aromatic carbocycles. The van der Waals surface area contributed by atoms with Gasteiger partial charge in [0.1, 0.15) is 10.7 Å². The van der Waals surface area contributed by atoms with E-state index in [4.69, 9.17) is 11.6 Å². The predicted molar refractivity (Wildman–Crippen MR) is 67.4 cm³/mol. The molecule has 2 aromatic rings. The first-order chi connectivity index (χ1) is 11.4. The zero-order valence-corrected chi connectivity index (χ0v) is 12.5. The standard InChI is InChI=1S/C12H4ClF8N3O/c1-24-10(12(19,20)21)2(13)8(23-24)11(25)22-9-6(17)4(15)3(14)5(16)7(9)18/h1H3,(H,22,25). The smallest absolute Gasteiger partial charge is 0.315 e. The van der Waals surface area contributed by atoms with Gasteiger partial charge in [0, 0.05) is 7.05 Å². The van der Waals surface area contributed by atoms with Crippen molar-refractivity contribution in [2.75, 3.05) is 5.32 Å². The third-order valence-corrected chi connectivity index (χ3v) is 3.28. The van der Waals surface area contributed by atoms with Crippen LogP contribution in [0.5, 0.6) is 0 Å². The topological polar surface area (TPSA) is 46.9 Å². The Balaban J connectivity index is 2.50. The van der Waals surface area contributed by atoms with Crippen LogP contribution >= 0.6 is 11.6 Å². The number of nitrogens with one attached hydrogen (secondary N) is 1. The number of anilines is 1. The highest BCUT2D eigenvalue weighted by atomic mass is 35.5. The average Bonchev–Trinajstić information content (AvgIpc) is 2.82. The number of carbonyl (C=O) groups excluding carboxylic acids is 1. The lowest BCUT2D eigenvalue weighted by molar-refractivity contribution is -0.143. The molecule has 2 rings (SSSR count). The van der Waals surface area contributed by atoms with E-state index in [1.807, 2.05) is 0 Å². The second-order valence-corrected chi connectivity index (χ2v) is 4.91. The Morgan fingerprint density at radius 2 is 1.44 bits per heavy atom. The molecule has 0 radical (unpaired) electrons. The summed E-state index contributed by atoms with van der Waals surface area (Å²) < 4.78 is 104. The molecule has 13 heteroatoms. The quantitative estimate of drug-likeness (QED) is 0.475. The third-order valence-electron chi connectivity index (χ3n) is 2.92. The van der Waals surface area contributed by atoms with Crippen molar-refractivity contribution in [2.45, 2.75) is 6.18 Å². The van der Waals surface area contributed by atoms with Crippen molar-refractivity contribution < 1.29 is 39.9 Å². The van der Waals surface area contributed by atoms with E-state index in [-0.39, 0.29) is 4.68 Å². The normalized spacial score (nSPS) is 11.8. The van der Waals surface area contributed by atoms with E-state index in [9.17, 15) is 39.9 Å². The largest absolute Gasteiger partial charge is 0.434 e. The lowest BCUT2D eigenvalue weighted by Crippen LogP contribution is -2.18. The number of rotatable bonds is 2. The van der Waals surface area contributed by atoms with Crippen molar-refractivity contribution in [3.05, 3.63) is 45.5 Å². The maximum Gasteiger partial charge on any atom is 0.434 e. The number of nitrogens with zero attached hydrogens (tertiary/aromatic N) is 2. The van der Waals surface area contributed by atoms with Gasteiger partial charge in [-0.3, -0.25) is 9.48 Å². The molecule has 0 bridgehead atoms. The Bertz CT molecular complexity index is 847. The Morgan fingerprint density at radius 1 is 1.00 bits per heavy atom. The van der Waals surface area contributed by atoms with Gasteiger partial charge in [-0.2, -0.15) is 18.3 Å². The van der Waals surface area contributed by atoms with E-state index in [1.165, 1.54) is 5.32 Å². The molecule has 0 aliphatic rings. The van der Waals surface area contributed by atoms with Crippen LogP contribution in [0.15, 0.2) is 0 Å². The molecule has 0 saturated carbocycles. The number of carbonyl (C=O) groups is 1. The van der Waals surface area contributed by atoms with Gasteiger partial charge in [-0.05, 0) is 0 Å². The molecule has 0 unspecified atom stereocenters. The summed E-state index contributed by atoms with van der Waals surface area (Å²) >= 11 is 5.38. The number of alkyl halides is 3. The van der Waals surface area contributed by atoms with Gasteiger partial charge in [-0.1, -0.05) is 11.6 Å². The molecule has 1 N–H and O–H groups in total. The summed E-state index contributed by atoms with van der Waals surface area (Å²) in [6.07, 6.45) is -5.01. The van der Waals surface area contributed by atoms with Crippen LogP contribution in [0.1, 0.15) is 16.2 Å². The first-order valence-electron chi connectivity index (χ1n) is 6.00. The first kappa shape index (κ1) is 19.0. The molecular weight excluding hydrogens is 390 g/mol. The Morgan fingerprint density at radius 3 is 1.84 bits per heavy atom. The van der Waals surface area contributed by atoms with Crippen LogP contribution in [0.25, 0.3) is 0 Å². The second-order valence-electron chi connectivity index (χ2n) is 4.53. The number of aromatic nitrogens is 2. The maximum atomic E-state index is 13.5. The molecule has 0 aliphatic heterocycles. The van der Waals surface area contributed by atoms with E-state index in [0.29, 0.717) is 0 Å². The lowest BCUT2D eigenvalue weighted by atomic mass is 10.2. The van der Waals surface area contributed by atoms with Gasteiger partial charge >= 0.3 is 6.18 Å². The number of aryl methyl sites for hydroxylation is 1. The Hall–Kier alpha value is -2.37. The van der Waals surface area contributed by atoms with Crippen LogP contribution in [0.4, 0.5) is 40.8 Å². The predicted octanol–water partition coefficient (Wildman–Crippen LogP) is 4.04. The van der Waals surface area contributed by atoms with Crippen LogP contribution < -0.4 is 5.32 Å². The summed E-state index contributed by atoms with van der Waals surface area (Å²) in [5, 5.41) is 3.20. The van der Waals surface area contributed by atoms with Gasteiger partial charge in [-0.25, -0.2) is 22.0 Å². The highest BCUT2D eigenvalue weighted by Gasteiger charge is 2.40. The summed E-state index contributed by atoms with van der Waals surface area (Å²) in [5.74, 6) is -13.6. The van der Waals surface area contributed by atoms with Crippen LogP contribution in [-0.4, -0.2) is 15.7 Å². The molecule has 0 spiro atoms. The minimum Gasteiger partial charge on any atom is -0.315 e. The number of hydrogen-bond donors (Lipinski definition) is 1. The molecule has 25 heavy (non-hydrogen) atoms. The molecule has 1 amide bonds. The lowest BCUT2D eigenvalue weighted by Gasteiger charge is -2.09. The van der Waals surface area contributed by atoms with Crippen molar-refractivity contribution in [1.82, 2.24) is 9.78 Å². The molecule has 136 valence electrons. The number of hydrogen-bond acceptors (Lipinski definition) is 2. The van der Waals surface area contributed by atoms with Gasteiger partial charge < -0.3 is 5.32 Å². The first-order valence-corrected chi connectivity index (χ1v) is 6.38. The van der Waals surface area contributed by atoms with E-state index in [0.717, 1.165) is 7.05 Å². The van der Waals surface area contributed by atoms with Crippen molar-refractivity contribution >= 4 is 23.2 Å². The minimum absolute atomic E-state index is 0.176. The van der Waals surface area contributed by atoms with Crippen LogP contribution in [-0.2, 0) is 13.2 Å². The van der Waals surface area contributed by atoms with Gasteiger partial charge in [0.05, 0.1) is 0 Å². The molecule has 0 saturated heterocycles. The van der Waals surface area contributed by atoms with Crippen LogP contribution in [0.3, 0.4) is 0 Å². The Labute approximate surface area is 138 Å². The Kier molecular flexibility index (Phi) is 4.68. The summed E-state index contributed by atoms with van der Waals surface area (Å²) in [5.41, 5.74) is -4.42. The van der Waals surface area contributed by atoms with Crippen molar-refractivity contribution in [3.8, 4) is 0 Å². The molecule has 1 heterocycles. The van der Waals surface area contributed by atoms with Gasteiger partial charge in [0.15, 0.2) is 34.7 Å². The highest BCUT2D eigenvalue weighted by Crippen LogP contribution is 2.36. The molecular formula is C12H4ClF8N3O. The zero-order chi connectivity index (χ0) is 19.3. The van der Waals surface area contributed by atoms with Crippen LogP contribution in [0, 0.1) is 29.1 Å². The summed E-state index contributed by atoms with van der Waals surface area (Å²) in [7, 11) is 0.782. The number of halogens is 9. The zero-order valence-electron chi connectivity index (χ0n) is 11.7. The summed E-state index contributed by atoms with van der Waals surface area (Å²) in [6, 6.07) is 0. The number of benzene rings is 1. The fourth-order valence-electron chi connectivity index (χ4n) is 1.84. The van der Waals surface area contributed by atoms with E-state index < -0.39 is 63.3 Å². The van der Waals surface area contributed by atoms with Crippen molar-refractivity contribution in [3.63, 3.8) is 0 Å². The maximum absolute atomic E-state index is 13.5. The third kappa shape index (κ3) is 3.13. The van der Waals surface area contributed by atoms with Crippen LogP contribution in [0.2, 0.25) is 5.02 Å². The molecule has 0 aliphatic carbocycles. The molecule has 4 nitrogen and oxygen atoms in total. The van der Waals surface area contributed by atoms with E-state index in [2.05, 4.69) is 5.10 Å².